The summed E-state index contributed by atoms with van der Waals surface area (Å²) in [4.78, 5) is 14.6. The Morgan fingerprint density at radius 1 is 1.22 bits per heavy atom. The van der Waals surface area contributed by atoms with Crippen LogP contribution in [0.4, 0.5) is 4.79 Å². The van der Waals surface area contributed by atoms with Crippen molar-refractivity contribution in [3.63, 3.8) is 0 Å². The first-order valence-corrected chi connectivity index (χ1v) is 9.61. The maximum Gasteiger partial charge on any atom is 0.408 e. The number of hydrogen-bond acceptors (Lipinski definition) is 6. The Kier molecular flexibility index (Phi) is 6.11. The second-order valence-corrected chi connectivity index (χ2v) is 8.11. The minimum Gasteiger partial charge on any atom is -0.486 e. The maximum atomic E-state index is 12.3. The van der Waals surface area contributed by atoms with E-state index in [1.165, 1.54) is 0 Å². The van der Waals surface area contributed by atoms with Gasteiger partial charge in [0, 0.05) is 6.54 Å². The van der Waals surface area contributed by atoms with Gasteiger partial charge in [-0.3, -0.25) is 0 Å². The second kappa shape index (κ2) is 8.35. The van der Waals surface area contributed by atoms with Gasteiger partial charge in [0.15, 0.2) is 11.5 Å². The van der Waals surface area contributed by atoms with Crippen LogP contribution in [0.15, 0.2) is 18.2 Å². The molecule has 150 valence electrons. The zero-order valence-electron chi connectivity index (χ0n) is 16.4. The smallest absolute Gasteiger partial charge is 0.408 e. The molecule has 3 rings (SSSR count). The van der Waals surface area contributed by atoms with E-state index in [1.807, 2.05) is 26.8 Å². The van der Waals surface area contributed by atoms with Crippen molar-refractivity contribution in [3.05, 3.63) is 23.8 Å². The van der Waals surface area contributed by atoms with Crippen molar-refractivity contribution in [2.24, 2.45) is 0 Å². The number of rotatable bonds is 5. The van der Waals surface area contributed by atoms with E-state index in [9.17, 15) is 9.90 Å². The molecule has 1 amide bonds. The largest absolute Gasteiger partial charge is 0.486 e. The fraction of sp³-hybridized carbons (Fsp3) is 0.650. The minimum absolute atomic E-state index is 0.486. The minimum atomic E-state index is -0.881. The molecular formula is C20H30N2O5. The second-order valence-electron chi connectivity index (χ2n) is 8.11. The zero-order chi connectivity index (χ0) is 19.4. The van der Waals surface area contributed by atoms with Crippen LogP contribution in [-0.2, 0) is 4.74 Å². The molecule has 0 spiro atoms. The molecule has 2 N–H and O–H groups in total. The number of fused-ring (bicyclic) bond motifs is 1. The summed E-state index contributed by atoms with van der Waals surface area (Å²) in [6.07, 6.45) is 0.871. The Morgan fingerprint density at radius 3 is 2.56 bits per heavy atom. The molecule has 2 aliphatic rings. The standard InChI is InChI=1S/C20H30N2O5/c1-20(2,3)27-19(24)21-15(13-22-8-4-5-9-22)18(23)14-6-7-16-17(12-14)26-11-10-25-16/h6-7,12,15,18,23H,4-5,8-11,13H2,1-3H3,(H,21,24)/t15?,18-/m1/s1. The van der Waals surface area contributed by atoms with Crippen LogP contribution >= 0.6 is 0 Å². The van der Waals surface area contributed by atoms with E-state index in [4.69, 9.17) is 14.2 Å². The highest BCUT2D eigenvalue weighted by atomic mass is 16.6. The van der Waals surface area contributed by atoms with Crippen molar-refractivity contribution >= 4 is 6.09 Å². The van der Waals surface area contributed by atoms with Gasteiger partial charge in [0.25, 0.3) is 0 Å². The Labute approximate surface area is 160 Å². The highest BCUT2D eigenvalue weighted by Gasteiger charge is 2.29. The summed E-state index contributed by atoms with van der Waals surface area (Å²) in [5, 5.41) is 13.8. The van der Waals surface area contributed by atoms with Crippen molar-refractivity contribution < 1.29 is 24.1 Å². The van der Waals surface area contributed by atoms with Gasteiger partial charge in [0.05, 0.1) is 6.04 Å². The molecule has 0 saturated carbocycles. The average molecular weight is 378 g/mol. The molecule has 1 aromatic rings. The molecule has 0 radical (unpaired) electrons. The zero-order valence-corrected chi connectivity index (χ0v) is 16.4. The van der Waals surface area contributed by atoms with Crippen LogP contribution in [0.2, 0.25) is 0 Å². The van der Waals surface area contributed by atoms with E-state index in [0.29, 0.717) is 36.8 Å². The number of aliphatic hydroxyl groups is 1. The van der Waals surface area contributed by atoms with Gasteiger partial charge in [0.2, 0.25) is 0 Å². The SMILES string of the molecule is CC(C)(C)OC(=O)NC(CN1CCCC1)[C@H](O)c1ccc2c(c1)OCCO2. The van der Waals surface area contributed by atoms with Crippen molar-refractivity contribution in [2.75, 3.05) is 32.8 Å². The fourth-order valence-corrected chi connectivity index (χ4v) is 3.40. The lowest BCUT2D eigenvalue weighted by Gasteiger charge is -2.30. The van der Waals surface area contributed by atoms with Gasteiger partial charge in [0.1, 0.15) is 24.9 Å². The van der Waals surface area contributed by atoms with Crippen LogP contribution in [-0.4, -0.2) is 60.6 Å². The molecule has 0 aromatic heterocycles. The molecule has 2 aliphatic heterocycles. The number of nitrogens with zero attached hydrogens (tertiary/aromatic N) is 1. The number of hydrogen-bond donors (Lipinski definition) is 2. The van der Waals surface area contributed by atoms with Gasteiger partial charge >= 0.3 is 6.09 Å². The molecule has 0 aliphatic carbocycles. The Morgan fingerprint density at radius 2 is 1.89 bits per heavy atom. The van der Waals surface area contributed by atoms with E-state index < -0.39 is 23.8 Å². The Balaban J connectivity index is 1.74. The molecule has 0 bridgehead atoms. The van der Waals surface area contributed by atoms with E-state index in [2.05, 4.69) is 10.2 Å². The van der Waals surface area contributed by atoms with Gasteiger partial charge in [-0.05, 0) is 64.4 Å². The lowest BCUT2D eigenvalue weighted by atomic mass is 10.0. The first kappa shape index (κ1) is 19.8. The number of carbonyl (C=O) groups is 1. The molecular weight excluding hydrogens is 348 g/mol. The van der Waals surface area contributed by atoms with Crippen LogP contribution in [0.25, 0.3) is 0 Å². The number of amides is 1. The molecule has 7 nitrogen and oxygen atoms in total. The Hall–Kier alpha value is -1.99. The Bertz CT molecular complexity index is 652. The summed E-state index contributed by atoms with van der Waals surface area (Å²) in [7, 11) is 0. The van der Waals surface area contributed by atoms with Crippen molar-refractivity contribution in [3.8, 4) is 11.5 Å². The summed E-state index contributed by atoms with van der Waals surface area (Å²) in [5.74, 6) is 1.29. The van der Waals surface area contributed by atoms with Crippen LogP contribution in [0.3, 0.4) is 0 Å². The number of likely N-dealkylation sites (tertiary alicyclic amines) is 1. The van der Waals surface area contributed by atoms with E-state index in [0.717, 1.165) is 25.9 Å². The quantitative estimate of drug-likeness (QED) is 0.819. The summed E-state index contributed by atoms with van der Waals surface area (Å²) in [6, 6.07) is 4.91. The van der Waals surface area contributed by atoms with Crippen LogP contribution in [0, 0.1) is 0 Å². The number of alkyl carbamates (subject to hydrolysis) is 1. The highest BCUT2D eigenvalue weighted by Crippen LogP contribution is 2.33. The topological polar surface area (TPSA) is 80.3 Å². The lowest BCUT2D eigenvalue weighted by Crippen LogP contribution is -2.48. The molecule has 1 unspecified atom stereocenters. The predicted octanol–water partition coefficient (Wildman–Crippen LogP) is 2.48. The molecule has 1 saturated heterocycles. The summed E-state index contributed by atoms with van der Waals surface area (Å²) < 4.78 is 16.5. The van der Waals surface area contributed by atoms with Crippen molar-refractivity contribution in [1.29, 1.82) is 0 Å². The van der Waals surface area contributed by atoms with Crippen LogP contribution in [0.1, 0.15) is 45.3 Å². The monoisotopic (exact) mass is 378 g/mol. The number of benzene rings is 1. The number of aliphatic hydroxyl groups excluding tert-OH is 1. The third-order valence-corrected chi connectivity index (χ3v) is 4.64. The molecule has 7 heteroatoms. The van der Waals surface area contributed by atoms with Crippen LogP contribution < -0.4 is 14.8 Å². The lowest BCUT2D eigenvalue weighted by molar-refractivity contribution is 0.0387. The molecule has 1 aromatic carbocycles. The first-order valence-electron chi connectivity index (χ1n) is 9.61. The number of ether oxygens (including phenoxy) is 3. The van der Waals surface area contributed by atoms with Gasteiger partial charge in [-0.2, -0.15) is 0 Å². The molecule has 2 heterocycles. The van der Waals surface area contributed by atoms with Gasteiger partial charge in [-0.25, -0.2) is 4.79 Å². The average Bonchev–Trinajstić information content (AvgIpc) is 3.11. The number of nitrogens with one attached hydrogen (secondary N) is 1. The van der Waals surface area contributed by atoms with Gasteiger partial charge < -0.3 is 29.5 Å². The third-order valence-electron chi connectivity index (χ3n) is 4.64. The van der Waals surface area contributed by atoms with E-state index in [-0.39, 0.29) is 0 Å². The summed E-state index contributed by atoms with van der Waals surface area (Å²) in [5.41, 5.74) is 0.0871. The summed E-state index contributed by atoms with van der Waals surface area (Å²) in [6.45, 7) is 8.97. The molecule has 2 atom stereocenters. The maximum absolute atomic E-state index is 12.3. The van der Waals surface area contributed by atoms with Crippen molar-refractivity contribution in [1.82, 2.24) is 10.2 Å². The normalized spacial score (nSPS) is 19.4. The first-order chi connectivity index (χ1) is 12.8. The number of carbonyl (C=O) groups excluding carboxylic acids is 1. The summed E-state index contributed by atoms with van der Waals surface area (Å²) >= 11 is 0. The van der Waals surface area contributed by atoms with E-state index in [1.54, 1.807) is 12.1 Å². The van der Waals surface area contributed by atoms with Gasteiger partial charge in [-0.1, -0.05) is 6.07 Å². The predicted molar refractivity (Wildman–Crippen MR) is 101 cm³/mol. The molecule has 27 heavy (non-hydrogen) atoms. The molecule has 1 fully saturated rings. The van der Waals surface area contributed by atoms with Crippen LogP contribution in [0.5, 0.6) is 11.5 Å². The third kappa shape index (κ3) is 5.49. The highest BCUT2D eigenvalue weighted by molar-refractivity contribution is 5.68. The van der Waals surface area contributed by atoms with Gasteiger partial charge in [-0.15, -0.1) is 0 Å². The fourth-order valence-electron chi connectivity index (χ4n) is 3.40. The van der Waals surface area contributed by atoms with E-state index >= 15 is 0 Å². The van der Waals surface area contributed by atoms with Crippen molar-refractivity contribution in [2.45, 2.75) is 51.4 Å².